The van der Waals surface area contributed by atoms with Crippen LogP contribution in [0.15, 0.2) is 59.7 Å². The van der Waals surface area contributed by atoms with Crippen LogP contribution < -0.4 is 4.31 Å². The van der Waals surface area contributed by atoms with Gasteiger partial charge < -0.3 is 0 Å². The maximum absolute atomic E-state index is 12.2. The molecule has 0 saturated carbocycles. The summed E-state index contributed by atoms with van der Waals surface area (Å²) in [6.45, 7) is 0.548. The summed E-state index contributed by atoms with van der Waals surface area (Å²) in [4.78, 5) is 9.28. The van der Waals surface area contributed by atoms with E-state index in [0.29, 0.717) is 18.7 Å². The number of hydrogen-bond acceptors (Lipinski definition) is 4. The van der Waals surface area contributed by atoms with Crippen molar-refractivity contribution in [3.05, 3.63) is 65.9 Å². The van der Waals surface area contributed by atoms with Crippen LogP contribution >= 0.6 is 0 Å². The summed E-state index contributed by atoms with van der Waals surface area (Å²) in [6.07, 6.45) is 3.28. The van der Waals surface area contributed by atoms with E-state index in [-0.39, 0.29) is 5.75 Å². The highest BCUT2D eigenvalue weighted by molar-refractivity contribution is 7.93. The highest BCUT2D eigenvalue weighted by Gasteiger charge is 2.29. The second-order valence-corrected chi connectivity index (χ2v) is 8.72. The Morgan fingerprint density at radius 3 is 2.77 bits per heavy atom. The summed E-state index contributed by atoms with van der Waals surface area (Å²) in [7, 11) is -3.17. The number of nitrogens with zero attached hydrogens (tertiary/aromatic N) is 3. The van der Waals surface area contributed by atoms with Crippen molar-refractivity contribution >= 4 is 38.0 Å². The van der Waals surface area contributed by atoms with Crippen LogP contribution in [0.3, 0.4) is 0 Å². The molecule has 130 valence electrons. The van der Waals surface area contributed by atoms with E-state index in [1.54, 1.807) is 0 Å². The van der Waals surface area contributed by atoms with Gasteiger partial charge in [0.2, 0.25) is 10.0 Å². The molecule has 0 amide bonds. The van der Waals surface area contributed by atoms with Gasteiger partial charge in [0.25, 0.3) is 0 Å². The summed E-state index contributed by atoms with van der Waals surface area (Å²) in [6, 6.07) is 15.9. The number of anilines is 1. The molecule has 0 bridgehead atoms. The molecule has 0 aliphatic carbocycles. The third-order valence-electron chi connectivity index (χ3n) is 4.99. The predicted octanol–water partition coefficient (Wildman–Crippen LogP) is 3.45. The van der Waals surface area contributed by atoms with Gasteiger partial charge in [-0.15, -0.1) is 0 Å². The standard InChI is InChI=1S/C20H17N3O2S/c24-26(25)9-3-8-23(26)17-7-6-15-11-19(22-20(15)12-17)16-10-14-4-1-2-5-18(14)21-13-16/h1-2,4-7,10,12-13H,3,8-9,11H2. The van der Waals surface area contributed by atoms with Crippen molar-refractivity contribution < 1.29 is 8.42 Å². The molecule has 2 aromatic carbocycles. The van der Waals surface area contributed by atoms with Crippen molar-refractivity contribution in [1.82, 2.24) is 4.98 Å². The second-order valence-electron chi connectivity index (χ2n) is 6.71. The number of para-hydroxylation sites is 1. The van der Waals surface area contributed by atoms with Gasteiger partial charge in [-0.3, -0.25) is 14.3 Å². The molecule has 5 rings (SSSR count). The van der Waals surface area contributed by atoms with E-state index in [4.69, 9.17) is 4.99 Å². The molecule has 2 aliphatic heterocycles. The molecule has 3 aromatic rings. The molecule has 2 aliphatic rings. The van der Waals surface area contributed by atoms with Crippen LogP contribution in [-0.4, -0.2) is 31.4 Å². The minimum absolute atomic E-state index is 0.224. The zero-order chi connectivity index (χ0) is 17.7. The summed E-state index contributed by atoms with van der Waals surface area (Å²) >= 11 is 0. The fraction of sp³-hybridized carbons (Fsp3) is 0.200. The Hall–Kier alpha value is -2.73. The number of hydrogen-bond donors (Lipinski definition) is 0. The predicted molar refractivity (Wildman–Crippen MR) is 104 cm³/mol. The van der Waals surface area contributed by atoms with Crippen molar-refractivity contribution in [2.45, 2.75) is 12.8 Å². The third-order valence-corrected chi connectivity index (χ3v) is 6.86. The van der Waals surface area contributed by atoms with Crippen molar-refractivity contribution in [3.8, 4) is 0 Å². The zero-order valence-electron chi connectivity index (χ0n) is 14.1. The molecule has 3 heterocycles. The van der Waals surface area contributed by atoms with Crippen molar-refractivity contribution in [1.29, 1.82) is 0 Å². The molecule has 0 atom stereocenters. The highest BCUT2D eigenvalue weighted by Crippen LogP contribution is 2.35. The van der Waals surface area contributed by atoms with E-state index in [0.717, 1.165) is 39.8 Å². The molecule has 0 N–H and O–H groups in total. The first-order valence-corrected chi connectivity index (χ1v) is 10.3. The smallest absolute Gasteiger partial charge is 0.235 e. The number of aliphatic imine (C=N–C) groups is 1. The van der Waals surface area contributed by atoms with Gasteiger partial charge in [-0.05, 0) is 36.2 Å². The molecule has 0 spiro atoms. The van der Waals surface area contributed by atoms with Gasteiger partial charge in [-0.2, -0.15) is 0 Å². The molecule has 1 saturated heterocycles. The quantitative estimate of drug-likeness (QED) is 0.700. The Kier molecular flexibility index (Phi) is 3.37. The Labute approximate surface area is 152 Å². The molecular weight excluding hydrogens is 346 g/mol. The minimum Gasteiger partial charge on any atom is -0.270 e. The minimum atomic E-state index is -3.17. The van der Waals surface area contributed by atoms with Crippen molar-refractivity contribution in [2.24, 2.45) is 4.99 Å². The lowest BCUT2D eigenvalue weighted by Crippen LogP contribution is -2.24. The highest BCUT2D eigenvalue weighted by atomic mass is 32.2. The summed E-state index contributed by atoms with van der Waals surface area (Å²) in [5.74, 6) is 0.224. The van der Waals surface area contributed by atoms with Crippen LogP contribution in [0.1, 0.15) is 17.5 Å². The second kappa shape index (κ2) is 5.64. The SMILES string of the molecule is O=S1(=O)CCCN1c1ccc2c(c1)N=C(c1cnc3ccccc3c1)C2. The number of benzene rings is 2. The Morgan fingerprint density at radius 2 is 1.92 bits per heavy atom. The molecule has 1 aromatic heterocycles. The number of fused-ring (bicyclic) bond motifs is 2. The molecule has 26 heavy (non-hydrogen) atoms. The van der Waals surface area contributed by atoms with Crippen molar-refractivity contribution in [2.75, 3.05) is 16.6 Å². The maximum atomic E-state index is 12.2. The monoisotopic (exact) mass is 363 g/mol. The van der Waals surface area contributed by atoms with Gasteiger partial charge >= 0.3 is 0 Å². The lowest BCUT2D eigenvalue weighted by atomic mass is 10.0. The molecule has 6 heteroatoms. The van der Waals surface area contributed by atoms with Gasteiger partial charge in [-0.1, -0.05) is 24.3 Å². The van der Waals surface area contributed by atoms with Gasteiger partial charge in [0.15, 0.2) is 0 Å². The van der Waals surface area contributed by atoms with Crippen molar-refractivity contribution in [3.63, 3.8) is 0 Å². The number of pyridine rings is 1. The zero-order valence-corrected chi connectivity index (χ0v) is 14.9. The van der Waals surface area contributed by atoms with E-state index >= 15 is 0 Å². The molecule has 1 fully saturated rings. The lowest BCUT2D eigenvalue weighted by Gasteiger charge is -2.17. The Bertz CT molecular complexity index is 1170. The van der Waals surface area contributed by atoms with Crippen LogP contribution in [0.2, 0.25) is 0 Å². The first-order valence-electron chi connectivity index (χ1n) is 8.66. The summed E-state index contributed by atoms with van der Waals surface area (Å²) < 4.78 is 25.8. The van der Waals surface area contributed by atoms with Gasteiger partial charge in [0.1, 0.15) is 0 Å². The van der Waals surface area contributed by atoms with Crippen LogP contribution in [0.5, 0.6) is 0 Å². The first kappa shape index (κ1) is 15.5. The Balaban J connectivity index is 1.52. The van der Waals surface area contributed by atoms with E-state index in [1.807, 2.05) is 48.7 Å². The Morgan fingerprint density at radius 1 is 1.04 bits per heavy atom. The fourth-order valence-corrected chi connectivity index (χ4v) is 5.21. The number of rotatable bonds is 2. The van der Waals surface area contributed by atoms with Gasteiger partial charge in [-0.25, -0.2) is 8.42 Å². The molecule has 0 unspecified atom stereocenters. The van der Waals surface area contributed by atoms with Gasteiger partial charge in [0, 0.05) is 30.1 Å². The lowest BCUT2D eigenvalue weighted by molar-refractivity contribution is 0.599. The maximum Gasteiger partial charge on any atom is 0.235 e. The first-order chi connectivity index (χ1) is 12.6. The topological polar surface area (TPSA) is 62.6 Å². The molecule has 5 nitrogen and oxygen atoms in total. The fourth-order valence-electron chi connectivity index (χ4n) is 3.65. The van der Waals surface area contributed by atoms with E-state index in [2.05, 4.69) is 11.1 Å². The average Bonchev–Trinajstić information content (AvgIpc) is 3.23. The average molecular weight is 363 g/mol. The van der Waals surface area contributed by atoms with E-state index in [9.17, 15) is 8.42 Å². The largest absolute Gasteiger partial charge is 0.270 e. The summed E-state index contributed by atoms with van der Waals surface area (Å²) in [5, 5.41) is 1.09. The number of sulfonamides is 1. The molecular formula is C20H17N3O2S. The van der Waals surface area contributed by atoms with Crippen LogP contribution in [0.25, 0.3) is 10.9 Å². The van der Waals surface area contributed by atoms with E-state index in [1.165, 1.54) is 4.31 Å². The van der Waals surface area contributed by atoms with Crippen LogP contribution in [0, 0.1) is 0 Å². The normalized spacial score (nSPS) is 18.2. The third kappa shape index (κ3) is 2.49. The molecule has 0 radical (unpaired) electrons. The van der Waals surface area contributed by atoms with Crippen LogP contribution in [-0.2, 0) is 16.4 Å². The van der Waals surface area contributed by atoms with Gasteiger partial charge in [0.05, 0.1) is 28.4 Å². The van der Waals surface area contributed by atoms with Crippen LogP contribution in [0.4, 0.5) is 11.4 Å². The number of aromatic nitrogens is 1. The summed E-state index contributed by atoms with van der Waals surface area (Å²) in [5.41, 5.74) is 5.63. The van der Waals surface area contributed by atoms with E-state index < -0.39 is 10.0 Å².